The van der Waals surface area contributed by atoms with Crippen LogP contribution in [0.15, 0.2) is 47.5 Å². The molecule has 0 bridgehead atoms. The molecule has 5 rings (SSSR count). The van der Waals surface area contributed by atoms with Crippen LogP contribution in [0, 0.1) is 0 Å². The first kappa shape index (κ1) is 21.8. The van der Waals surface area contributed by atoms with Crippen LogP contribution in [0.5, 0.6) is 11.5 Å². The summed E-state index contributed by atoms with van der Waals surface area (Å²) < 4.78 is 10.9. The van der Waals surface area contributed by atoms with Gasteiger partial charge in [0.1, 0.15) is 17.3 Å². The Morgan fingerprint density at radius 2 is 1.91 bits per heavy atom. The molecule has 2 heterocycles. The molecule has 33 heavy (non-hydrogen) atoms. The van der Waals surface area contributed by atoms with Crippen molar-refractivity contribution in [2.24, 2.45) is 4.99 Å². The van der Waals surface area contributed by atoms with Crippen molar-refractivity contribution in [1.29, 1.82) is 0 Å². The molecule has 2 aliphatic heterocycles. The van der Waals surface area contributed by atoms with Crippen molar-refractivity contribution in [2.45, 2.75) is 31.2 Å². The van der Waals surface area contributed by atoms with Crippen LogP contribution < -0.4 is 19.7 Å². The Morgan fingerprint density at radius 1 is 1.09 bits per heavy atom. The van der Waals surface area contributed by atoms with Crippen LogP contribution in [-0.2, 0) is 11.2 Å². The molecule has 0 saturated carbocycles. The predicted octanol–water partition coefficient (Wildman–Crippen LogP) is 2.84. The third-order valence-electron chi connectivity index (χ3n) is 7.11. The van der Waals surface area contributed by atoms with Crippen molar-refractivity contribution in [1.82, 2.24) is 10.2 Å². The van der Waals surface area contributed by atoms with Gasteiger partial charge in [-0.2, -0.15) is 0 Å². The Hall–Kier alpha value is -3.06. The van der Waals surface area contributed by atoms with Gasteiger partial charge in [0.15, 0.2) is 0 Å². The van der Waals surface area contributed by atoms with Gasteiger partial charge in [0.05, 0.1) is 32.5 Å². The summed E-state index contributed by atoms with van der Waals surface area (Å²) in [7, 11) is 3.41. The average Bonchev–Trinajstić information content (AvgIpc) is 3.26. The Morgan fingerprint density at radius 3 is 2.70 bits per heavy atom. The molecule has 2 atom stereocenters. The summed E-state index contributed by atoms with van der Waals surface area (Å²) >= 11 is 0. The maximum Gasteiger partial charge on any atom is 0.239 e. The van der Waals surface area contributed by atoms with E-state index in [0.29, 0.717) is 12.5 Å². The largest absolute Gasteiger partial charge is 0.497 e. The molecule has 0 spiro atoms. The molecule has 0 radical (unpaired) electrons. The lowest BCUT2D eigenvalue weighted by Gasteiger charge is -2.36. The smallest absolute Gasteiger partial charge is 0.239 e. The molecule has 2 unspecified atom stereocenters. The van der Waals surface area contributed by atoms with Gasteiger partial charge in [0, 0.05) is 38.5 Å². The summed E-state index contributed by atoms with van der Waals surface area (Å²) in [6.45, 7) is 3.84. The maximum absolute atomic E-state index is 12.8. The molecule has 1 aliphatic carbocycles. The Balaban J connectivity index is 1.13. The van der Waals surface area contributed by atoms with E-state index in [1.54, 1.807) is 14.2 Å². The van der Waals surface area contributed by atoms with Gasteiger partial charge in [-0.05, 0) is 48.2 Å². The number of benzene rings is 2. The highest BCUT2D eigenvalue weighted by Crippen LogP contribution is 2.40. The van der Waals surface area contributed by atoms with Gasteiger partial charge in [-0.1, -0.05) is 18.2 Å². The lowest BCUT2D eigenvalue weighted by atomic mass is 9.79. The number of aryl methyl sites for hydroxylation is 1. The van der Waals surface area contributed by atoms with E-state index < -0.39 is 0 Å². The van der Waals surface area contributed by atoms with Crippen LogP contribution in [0.4, 0.5) is 5.69 Å². The monoisotopic (exact) mass is 448 g/mol. The van der Waals surface area contributed by atoms with Crippen LogP contribution in [0.25, 0.3) is 0 Å². The molecule has 1 N–H and O–H groups in total. The number of anilines is 1. The Bertz CT molecular complexity index is 1050. The van der Waals surface area contributed by atoms with E-state index in [0.717, 1.165) is 68.5 Å². The number of rotatable bonds is 5. The van der Waals surface area contributed by atoms with Crippen molar-refractivity contribution >= 4 is 17.4 Å². The van der Waals surface area contributed by atoms with E-state index in [4.69, 9.17) is 14.5 Å². The Kier molecular flexibility index (Phi) is 6.22. The van der Waals surface area contributed by atoms with Crippen LogP contribution >= 0.6 is 0 Å². The van der Waals surface area contributed by atoms with Gasteiger partial charge in [-0.15, -0.1) is 0 Å². The quantitative estimate of drug-likeness (QED) is 0.762. The number of hydrogen-bond donors (Lipinski definition) is 1. The van der Waals surface area contributed by atoms with E-state index >= 15 is 0 Å². The molecular weight excluding hydrogens is 416 g/mol. The van der Waals surface area contributed by atoms with Gasteiger partial charge >= 0.3 is 0 Å². The first-order chi connectivity index (χ1) is 16.1. The number of nitrogens with zero attached hydrogens (tertiary/aromatic N) is 3. The van der Waals surface area contributed by atoms with Gasteiger partial charge < -0.3 is 19.7 Å². The Labute approximate surface area is 195 Å². The molecular formula is C26H32N4O3. The molecule has 1 fully saturated rings. The second-order valence-corrected chi connectivity index (χ2v) is 9.04. The number of nitrogens with one attached hydrogen (secondary N) is 1. The molecule has 3 aliphatic rings. The molecule has 1 amide bonds. The topological polar surface area (TPSA) is 66.4 Å². The molecule has 2 aromatic carbocycles. The normalized spacial score (nSPS) is 22.2. The number of methoxy groups -OCH3 is 2. The first-order valence-corrected chi connectivity index (χ1v) is 11.8. The maximum atomic E-state index is 12.8. The molecule has 7 heteroatoms. The summed E-state index contributed by atoms with van der Waals surface area (Å²) in [6, 6.07) is 14.7. The van der Waals surface area contributed by atoms with Crippen molar-refractivity contribution in [3.05, 3.63) is 53.6 Å². The van der Waals surface area contributed by atoms with E-state index in [1.807, 2.05) is 24.3 Å². The zero-order valence-corrected chi connectivity index (χ0v) is 19.4. The van der Waals surface area contributed by atoms with E-state index in [9.17, 15) is 4.79 Å². The summed E-state index contributed by atoms with van der Waals surface area (Å²) in [5.41, 5.74) is 3.82. The predicted molar refractivity (Wildman–Crippen MR) is 130 cm³/mol. The van der Waals surface area contributed by atoms with Gasteiger partial charge in [-0.3, -0.25) is 14.7 Å². The number of hydrogen-bond acceptors (Lipinski definition) is 6. The third kappa shape index (κ3) is 4.55. The van der Waals surface area contributed by atoms with E-state index in [-0.39, 0.29) is 11.9 Å². The number of piperazine rings is 1. The van der Waals surface area contributed by atoms with Gasteiger partial charge in [-0.25, -0.2) is 0 Å². The fraction of sp³-hybridized carbons (Fsp3) is 0.462. The fourth-order valence-electron chi connectivity index (χ4n) is 5.39. The molecule has 0 aromatic heterocycles. The number of ether oxygens (including phenoxy) is 2. The summed E-state index contributed by atoms with van der Waals surface area (Å²) in [6.07, 6.45) is 2.83. The zero-order valence-electron chi connectivity index (χ0n) is 19.4. The number of carbonyl (C=O) groups excluding carboxylic acids is 1. The minimum Gasteiger partial charge on any atom is -0.497 e. The van der Waals surface area contributed by atoms with Crippen LogP contribution in [0.3, 0.4) is 0 Å². The van der Waals surface area contributed by atoms with Crippen molar-refractivity contribution in [3.63, 3.8) is 0 Å². The highest BCUT2D eigenvalue weighted by molar-refractivity contribution is 6.00. The average molecular weight is 449 g/mol. The van der Waals surface area contributed by atoms with Crippen LogP contribution in [-0.4, -0.2) is 69.6 Å². The third-order valence-corrected chi connectivity index (χ3v) is 7.11. The summed E-state index contributed by atoms with van der Waals surface area (Å²) in [5, 5.41) is 3.11. The molecule has 1 saturated heterocycles. The van der Waals surface area contributed by atoms with Crippen LogP contribution in [0.1, 0.15) is 29.9 Å². The molecule has 7 nitrogen and oxygen atoms in total. The summed E-state index contributed by atoms with van der Waals surface area (Å²) in [5.74, 6) is 3.04. The number of carbonyl (C=O) groups is 1. The van der Waals surface area contributed by atoms with E-state index in [2.05, 4.69) is 33.3 Å². The molecule has 174 valence electrons. The number of amides is 1. The number of amidine groups is 1. The second-order valence-electron chi connectivity index (χ2n) is 9.04. The van der Waals surface area contributed by atoms with E-state index in [1.165, 1.54) is 11.1 Å². The zero-order chi connectivity index (χ0) is 22.8. The number of aliphatic imine (C=N–C) groups is 1. The lowest BCUT2D eigenvalue weighted by Crippen LogP contribution is -2.50. The summed E-state index contributed by atoms with van der Waals surface area (Å²) in [4.78, 5) is 22.2. The number of fused-ring (bicyclic) bond motifs is 3. The SMILES string of the molecule is COc1ccc2c(c1)CCC1N=C(NC(=O)CN3CCN(c4ccccc4OC)CC3)CC21. The molecule has 2 aromatic rings. The highest BCUT2D eigenvalue weighted by atomic mass is 16.5. The van der Waals surface area contributed by atoms with Crippen molar-refractivity contribution in [2.75, 3.05) is 51.8 Å². The standard InChI is InChI=1S/C26H32N4O3/c1-32-19-8-9-20-18(15-19)7-10-22-21(20)16-25(27-22)28-26(31)17-29-11-13-30(14-12-29)23-5-3-4-6-24(23)33-2/h3-6,8-9,15,21-22H,7,10-14,16-17H2,1-2H3,(H,27,28,31). The van der Waals surface area contributed by atoms with Crippen molar-refractivity contribution in [3.8, 4) is 11.5 Å². The number of para-hydroxylation sites is 2. The van der Waals surface area contributed by atoms with Crippen molar-refractivity contribution < 1.29 is 14.3 Å². The minimum atomic E-state index is 0.0353. The highest BCUT2D eigenvalue weighted by Gasteiger charge is 2.35. The van der Waals surface area contributed by atoms with Crippen LogP contribution in [0.2, 0.25) is 0 Å². The van der Waals surface area contributed by atoms with Gasteiger partial charge in [0.2, 0.25) is 5.91 Å². The fourth-order valence-corrected chi connectivity index (χ4v) is 5.39. The minimum absolute atomic E-state index is 0.0353. The lowest BCUT2D eigenvalue weighted by molar-refractivity contribution is -0.120. The first-order valence-electron chi connectivity index (χ1n) is 11.8. The van der Waals surface area contributed by atoms with Gasteiger partial charge in [0.25, 0.3) is 0 Å². The second kappa shape index (κ2) is 9.43.